The molecule has 2 aromatic rings. The fourth-order valence-corrected chi connectivity index (χ4v) is 3.28. The van der Waals surface area contributed by atoms with Crippen LogP contribution in [0.1, 0.15) is 5.56 Å². The molecule has 0 aliphatic heterocycles. The van der Waals surface area contributed by atoms with Gasteiger partial charge in [-0.15, -0.1) is 11.8 Å². The van der Waals surface area contributed by atoms with Crippen molar-refractivity contribution in [2.75, 3.05) is 5.73 Å². The second-order valence-corrected chi connectivity index (χ2v) is 5.88. The van der Waals surface area contributed by atoms with Gasteiger partial charge in [0.25, 0.3) is 5.69 Å². The third-order valence-corrected chi connectivity index (χ3v) is 4.62. The van der Waals surface area contributed by atoms with E-state index in [1.54, 1.807) is 12.1 Å². The summed E-state index contributed by atoms with van der Waals surface area (Å²) in [5.74, 6) is -0.182. The topological polar surface area (TPSA) is 69.2 Å². The van der Waals surface area contributed by atoms with Crippen LogP contribution in [0.2, 0.25) is 0 Å². The van der Waals surface area contributed by atoms with Crippen molar-refractivity contribution in [3.05, 3.63) is 62.4 Å². The number of anilines is 1. The minimum atomic E-state index is -0.507. The van der Waals surface area contributed by atoms with E-state index in [0.717, 1.165) is 15.4 Å². The van der Waals surface area contributed by atoms with Crippen molar-refractivity contribution < 1.29 is 9.31 Å². The highest BCUT2D eigenvalue weighted by molar-refractivity contribution is 9.10. The number of nitro benzene ring substituents is 1. The van der Waals surface area contributed by atoms with E-state index in [2.05, 4.69) is 15.9 Å². The second kappa shape index (κ2) is 6.23. The van der Waals surface area contributed by atoms with Gasteiger partial charge in [-0.05, 0) is 46.3 Å². The van der Waals surface area contributed by atoms with Gasteiger partial charge in [-0.25, -0.2) is 4.39 Å². The summed E-state index contributed by atoms with van der Waals surface area (Å²) in [6, 6.07) is 8.77. The number of hydrogen-bond acceptors (Lipinski definition) is 4. The Morgan fingerprint density at radius 1 is 1.30 bits per heavy atom. The molecule has 0 radical (unpaired) electrons. The van der Waals surface area contributed by atoms with Crippen LogP contribution in [0.15, 0.2) is 45.8 Å². The zero-order valence-corrected chi connectivity index (χ0v) is 12.6. The molecular formula is C13H10BrFN2O2S. The molecular weight excluding hydrogens is 347 g/mol. The number of nitrogens with two attached hydrogens (primary N) is 1. The van der Waals surface area contributed by atoms with E-state index < -0.39 is 10.7 Å². The molecule has 0 atom stereocenters. The lowest BCUT2D eigenvalue weighted by Crippen LogP contribution is -1.95. The molecule has 7 heteroatoms. The molecule has 0 unspecified atom stereocenters. The van der Waals surface area contributed by atoms with Crippen LogP contribution < -0.4 is 5.73 Å². The summed E-state index contributed by atoms with van der Waals surface area (Å²) in [6.45, 7) is 0. The van der Waals surface area contributed by atoms with Gasteiger partial charge in [0.1, 0.15) is 5.82 Å². The number of rotatable bonds is 4. The molecule has 0 saturated heterocycles. The van der Waals surface area contributed by atoms with Crippen molar-refractivity contribution in [2.45, 2.75) is 10.6 Å². The lowest BCUT2D eigenvalue weighted by atomic mass is 10.2. The fourth-order valence-electron chi connectivity index (χ4n) is 1.64. The van der Waals surface area contributed by atoms with E-state index in [9.17, 15) is 14.5 Å². The number of nitro groups is 1. The summed E-state index contributed by atoms with van der Waals surface area (Å²) < 4.78 is 14.0. The number of halogens is 2. The third-order valence-electron chi connectivity index (χ3n) is 2.58. The molecule has 2 aromatic carbocycles. The predicted molar refractivity (Wildman–Crippen MR) is 81.2 cm³/mol. The second-order valence-electron chi connectivity index (χ2n) is 4.01. The van der Waals surface area contributed by atoms with E-state index >= 15 is 0 Å². The number of thioether (sulfide) groups is 1. The molecule has 0 fully saturated rings. The van der Waals surface area contributed by atoms with Crippen molar-refractivity contribution in [1.82, 2.24) is 0 Å². The normalized spacial score (nSPS) is 10.5. The van der Waals surface area contributed by atoms with Crippen LogP contribution in [0.4, 0.5) is 15.8 Å². The van der Waals surface area contributed by atoms with Crippen molar-refractivity contribution in [3.8, 4) is 0 Å². The number of nitrogen functional groups attached to an aromatic ring is 1. The monoisotopic (exact) mass is 356 g/mol. The first-order valence-corrected chi connectivity index (χ1v) is 7.36. The van der Waals surface area contributed by atoms with Crippen molar-refractivity contribution in [3.63, 3.8) is 0 Å². The van der Waals surface area contributed by atoms with Gasteiger partial charge in [-0.3, -0.25) is 10.1 Å². The molecule has 0 aliphatic rings. The van der Waals surface area contributed by atoms with Crippen LogP contribution in [-0.2, 0) is 5.75 Å². The van der Waals surface area contributed by atoms with Gasteiger partial charge in [-0.1, -0.05) is 0 Å². The smallest absolute Gasteiger partial charge is 0.273 e. The molecule has 4 nitrogen and oxygen atoms in total. The maximum atomic E-state index is 13.2. The average molecular weight is 357 g/mol. The van der Waals surface area contributed by atoms with E-state index in [1.165, 1.54) is 23.9 Å². The largest absolute Gasteiger partial charge is 0.399 e. The Kier molecular flexibility index (Phi) is 4.61. The highest BCUT2D eigenvalue weighted by Crippen LogP contribution is 2.33. The van der Waals surface area contributed by atoms with Gasteiger partial charge < -0.3 is 5.73 Å². The molecule has 0 aliphatic carbocycles. The Hall–Kier alpha value is -1.60. The maximum absolute atomic E-state index is 13.2. The Labute approximate surface area is 127 Å². The molecule has 0 bridgehead atoms. The SMILES string of the molecule is Nc1ccc(SCc2cc(F)ccc2[N+](=O)[O-])c(Br)c1. The Bertz CT molecular complexity index is 667. The van der Waals surface area contributed by atoms with E-state index in [4.69, 9.17) is 5.73 Å². The van der Waals surface area contributed by atoms with Gasteiger partial charge in [-0.2, -0.15) is 0 Å². The lowest BCUT2D eigenvalue weighted by molar-refractivity contribution is -0.385. The quantitative estimate of drug-likeness (QED) is 0.382. The molecule has 0 amide bonds. The first kappa shape index (κ1) is 14.8. The molecule has 104 valence electrons. The van der Waals surface area contributed by atoms with Crippen molar-refractivity contribution >= 4 is 39.1 Å². The first-order chi connectivity index (χ1) is 9.47. The van der Waals surface area contributed by atoms with Gasteiger partial charge >= 0.3 is 0 Å². The van der Waals surface area contributed by atoms with Gasteiger partial charge in [0.05, 0.1) is 4.92 Å². The number of hydrogen-bond donors (Lipinski definition) is 1. The summed E-state index contributed by atoms with van der Waals surface area (Å²) in [5.41, 5.74) is 6.54. The molecule has 2 rings (SSSR count). The van der Waals surface area contributed by atoms with Gasteiger partial charge in [0.2, 0.25) is 0 Å². The van der Waals surface area contributed by atoms with Gasteiger partial charge in [0, 0.05) is 32.4 Å². The summed E-state index contributed by atoms with van der Waals surface area (Å²) in [4.78, 5) is 11.3. The number of benzene rings is 2. The molecule has 2 N–H and O–H groups in total. The highest BCUT2D eigenvalue weighted by Gasteiger charge is 2.15. The summed E-state index contributed by atoms with van der Waals surface area (Å²) >= 11 is 4.75. The van der Waals surface area contributed by atoms with Crippen LogP contribution in [0.5, 0.6) is 0 Å². The molecule has 0 saturated carbocycles. The van der Waals surface area contributed by atoms with E-state index in [1.807, 2.05) is 6.07 Å². The predicted octanol–water partition coefficient (Wildman–Crippen LogP) is 4.37. The van der Waals surface area contributed by atoms with Crippen LogP contribution in [0, 0.1) is 15.9 Å². The van der Waals surface area contributed by atoms with Crippen LogP contribution in [0.25, 0.3) is 0 Å². The summed E-state index contributed by atoms with van der Waals surface area (Å²) in [5, 5.41) is 10.9. The van der Waals surface area contributed by atoms with Crippen molar-refractivity contribution in [2.24, 2.45) is 0 Å². The average Bonchev–Trinajstić information content (AvgIpc) is 2.37. The zero-order valence-electron chi connectivity index (χ0n) is 10.2. The first-order valence-electron chi connectivity index (χ1n) is 5.58. The van der Waals surface area contributed by atoms with E-state index in [0.29, 0.717) is 17.0 Å². The fraction of sp³-hybridized carbons (Fsp3) is 0.0769. The van der Waals surface area contributed by atoms with E-state index in [-0.39, 0.29) is 5.69 Å². The summed E-state index contributed by atoms with van der Waals surface area (Å²) in [6.07, 6.45) is 0. The Morgan fingerprint density at radius 2 is 2.05 bits per heavy atom. The lowest BCUT2D eigenvalue weighted by Gasteiger charge is -2.06. The molecule has 0 aromatic heterocycles. The van der Waals surface area contributed by atoms with Crippen molar-refractivity contribution in [1.29, 1.82) is 0 Å². The standard InChI is InChI=1S/C13H10BrFN2O2S/c14-11-6-10(16)2-4-13(11)20-7-8-5-9(15)1-3-12(8)17(18)19/h1-6H,7,16H2. The van der Waals surface area contributed by atoms with Crippen LogP contribution in [0.3, 0.4) is 0 Å². The Morgan fingerprint density at radius 3 is 2.70 bits per heavy atom. The molecule has 0 heterocycles. The third kappa shape index (κ3) is 3.49. The minimum absolute atomic E-state index is 0.0783. The molecule has 0 spiro atoms. The Balaban J connectivity index is 2.22. The maximum Gasteiger partial charge on any atom is 0.273 e. The molecule has 20 heavy (non-hydrogen) atoms. The number of nitrogens with zero attached hydrogens (tertiary/aromatic N) is 1. The highest BCUT2D eigenvalue weighted by atomic mass is 79.9. The van der Waals surface area contributed by atoms with Gasteiger partial charge in [0.15, 0.2) is 0 Å². The summed E-state index contributed by atoms with van der Waals surface area (Å²) in [7, 11) is 0. The minimum Gasteiger partial charge on any atom is -0.399 e. The van der Waals surface area contributed by atoms with Crippen LogP contribution in [-0.4, -0.2) is 4.92 Å². The van der Waals surface area contributed by atoms with Crippen LogP contribution >= 0.6 is 27.7 Å². The zero-order chi connectivity index (χ0) is 14.7.